The van der Waals surface area contributed by atoms with Crippen LogP contribution >= 0.6 is 0 Å². The summed E-state index contributed by atoms with van der Waals surface area (Å²) >= 11 is 0. The normalized spacial score (nSPS) is 18.1. The Bertz CT molecular complexity index is 633. The molecule has 1 aromatic heterocycles. The van der Waals surface area contributed by atoms with E-state index in [4.69, 9.17) is 14.0 Å². The summed E-state index contributed by atoms with van der Waals surface area (Å²) in [5.74, 6) is 0.281. The van der Waals surface area contributed by atoms with Crippen molar-refractivity contribution in [3.8, 4) is 11.3 Å². The minimum Gasteiger partial charge on any atom is -0.376 e. The number of benzene rings is 1. The number of hydrogen-bond acceptors (Lipinski definition) is 5. The number of aryl methyl sites for hydroxylation is 1. The second kappa shape index (κ2) is 6.72. The van der Waals surface area contributed by atoms with Crippen molar-refractivity contribution in [2.75, 3.05) is 26.4 Å². The highest BCUT2D eigenvalue weighted by Gasteiger charge is 2.23. The van der Waals surface area contributed by atoms with Gasteiger partial charge in [-0.05, 0) is 6.92 Å². The second-order valence-electron chi connectivity index (χ2n) is 5.11. The predicted molar refractivity (Wildman–Crippen MR) is 79.6 cm³/mol. The van der Waals surface area contributed by atoms with E-state index in [1.54, 1.807) is 6.92 Å². The maximum atomic E-state index is 12.5. The van der Waals surface area contributed by atoms with Gasteiger partial charge in [-0.2, -0.15) is 0 Å². The molecule has 0 spiro atoms. The van der Waals surface area contributed by atoms with Gasteiger partial charge >= 0.3 is 0 Å². The minimum atomic E-state index is -0.216. The SMILES string of the molecule is Cc1onc(-c2ccccc2)c1C(=O)NCC1COCCO1. The van der Waals surface area contributed by atoms with Gasteiger partial charge in [-0.15, -0.1) is 0 Å². The van der Waals surface area contributed by atoms with Crippen molar-refractivity contribution in [1.29, 1.82) is 0 Å². The van der Waals surface area contributed by atoms with E-state index < -0.39 is 0 Å². The molecule has 22 heavy (non-hydrogen) atoms. The second-order valence-corrected chi connectivity index (χ2v) is 5.11. The molecule has 0 radical (unpaired) electrons. The van der Waals surface area contributed by atoms with Crippen molar-refractivity contribution in [2.45, 2.75) is 13.0 Å². The Morgan fingerprint density at radius 3 is 2.86 bits per heavy atom. The highest BCUT2D eigenvalue weighted by Crippen LogP contribution is 2.24. The third-order valence-electron chi connectivity index (χ3n) is 3.51. The largest absolute Gasteiger partial charge is 0.376 e. The van der Waals surface area contributed by atoms with Crippen molar-refractivity contribution in [1.82, 2.24) is 10.5 Å². The lowest BCUT2D eigenvalue weighted by Crippen LogP contribution is -2.39. The monoisotopic (exact) mass is 302 g/mol. The lowest BCUT2D eigenvalue weighted by molar-refractivity contribution is -0.0855. The number of nitrogens with one attached hydrogen (secondary N) is 1. The Hall–Kier alpha value is -2.18. The molecule has 6 heteroatoms. The van der Waals surface area contributed by atoms with Crippen LogP contribution in [0.4, 0.5) is 0 Å². The van der Waals surface area contributed by atoms with Gasteiger partial charge in [-0.1, -0.05) is 35.5 Å². The third-order valence-corrected chi connectivity index (χ3v) is 3.51. The molecule has 6 nitrogen and oxygen atoms in total. The van der Waals surface area contributed by atoms with Gasteiger partial charge in [0.25, 0.3) is 5.91 Å². The summed E-state index contributed by atoms with van der Waals surface area (Å²) in [6.07, 6.45) is -0.113. The van der Waals surface area contributed by atoms with E-state index >= 15 is 0 Å². The molecule has 1 fully saturated rings. The third kappa shape index (κ3) is 3.18. The first-order chi connectivity index (χ1) is 10.8. The van der Waals surface area contributed by atoms with Crippen molar-refractivity contribution >= 4 is 5.91 Å². The van der Waals surface area contributed by atoms with E-state index in [0.717, 1.165) is 5.56 Å². The summed E-state index contributed by atoms with van der Waals surface area (Å²) in [5.41, 5.74) is 1.86. The van der Waals surface area contributed by atoms with Crippen LogP contribution in [0.25, 0.3) is 11.3 Å². The van der Waals surface area contributed by atoms with Crippen LogP contribution in [0.1, 0.15) is 16.1 Å². The average molecular weight is 302 g/mol. The van der Waals surface area contributed by atoms with Crippen LogP contribution in [0.15, 0.2) is 34.9 Å². The molecule has 1 amide bonds. The van der Waals surface area contributed by atoms with Crippen LogP contribution in [0.2, 0.25) is 0 Å². The molecule has 0 saturated carbocycles. The van der Waals surface area contributed by atoms with E-state index in [-0.39, 0.29) is 12.0 Å². The number of hydrogen-bond donors (Lipinski definition) is 1. The van der Waals surface area contributed by atoms with Gasteiger partial charge in [0.05, 0.1) is 25.9 Å². The topological polar surface area (TPSA) is 73.6 Å². The summed E-state index contributed by atoms with van der Waals surface area (Å²) < 4.78 is 16.0. The Kier molecular flexibility index (Phi) is 4.50. The summed E-state index contributed by atoms with van der Waals surface area (Å²) in [6, 6.07) is 9.50. The fourth-order valence-corrected chi connectivity index (χ4v) is 2.38. The van der Waals surface area contributed by atoms with Crippen molar-refractivity contribution in [2.24, 2.45) is 0 Å². The predicted octanol–water partition coefficient (Wildman–Crippen LogP) is 1.80. The standard InChI is InChI=1S/C16H18N2O4/c1-11-14(15(18-22-11)12-5-3-2-4-6-12)16(19)17-9-13-10-20-7-8-21-13/h2-6,13H,7-10H2,1H3,(H,17,19). The fraction of sp³-hybridized carbons (Fsp3) is 0.375. The number of nitrogens with zero attached hydrogens (tertiary/aromatic N) is 1. The summed E-state index contributed by atoms with van der Waals surface area (Å²) in [7, 11) is 0. The van der Waals surface area contributed by atoms with Crippen LogP contribution in [-0.4, -0.2) is 43.5 Å². The highest BCUT2D eigenvalue weighted by atomic mass is 16.6. The number of ether oxygens (including phenoxy) is 2. The highest BCUT2D eigenvalue weighted by molar-refractivity contribution is 6.00. The summed E-state index contributed by atoms with van der Waals surface area (Å²) in [4.78, 5) is 12.5. The maximum absolute atomic E-state index is 12.5. The molecule has 0 bridgehead atoms. The van der Waals surface area contributed by atoms with Crippen molar-refractivity contribution in [3.05, 3.63) is 41.7 Å². The lowest BCUT2D eigenvalue weighted by atomic mass is 10.1. The molecule has 1 unspecified atom stereocenters. The molecule has 1 saturated heterocycles. The molecule has 1 aliphatic rings. The molecular weight excluding hydrogens is 284 g/mol. The van der Waals surface area contributed by atoms with Gasteiger partial charge in [0.15, 0.2) is 0 Å². The van der Waals surface area contributed by atoms with E-state index in [1.807, 2.05) is 30.3 Å². The van der Waals surface area contributed by atoms with Gasteiger partial charge in [-0.3, -0.25) is 4.79 Å². The first-order valence-corrected chi connectivity index (χ1v) is 7.25. The summed E-state index contributed by atoms with van der Waals surface area (Å²) in [5, 5.41) is 6.87. The van der Waals surface area contributed by atoms with Gasteiger partial charge in [0, 0.05) is 12.1 Å². The number of rotatable bonds is 4. The van der Waals surface area contributed by atoms with Crippen LogP contribution < -0.4 is 5.32 Å². The molecule has 2 heterocycles. The van der Waals surface area contributed by atoms with Crippen LogP contribution in [0.5, 0.6) is 0 Å². The zero-order chi connectivity index (χ0) is 15.4. The van der Waals surface area contributed by atoms with E-state index in [0.29, 0.717) is 43.4 Å². The molecular formula is C16H18N2O4. The summed E-state index contributed by atoms with van der Waals surface area (Å²) in [6.45, 7) is 3.79. The van der Waals surface area contributed by atoms with Crippen LogP contribution in [-0.2, 0) is 9.47 Å². The van der Waals surface area contributed by atoms with E-state index in [1.165, 1.54) is 0 Å². The molecule has 1 N–H and O–H groups in total. The molecule has 2 aromatic rings. The Morgan fingerprint density at radius 2 is 2.14 bits per heavy atom. The smallest absolute Gasteiger partial charge is 0.257 e. The van der Waals surface area contributed by atoms with Gasteiger partial charge in [0.1, 0.15) is 17.0 Å². The van der Waals surface area contributed by atoms with Gasteiger partial charge < -0.3 is 19.3 Å². The zero-order valence-corrected chi connectivity index (χ0v) is 12.4. The molecule has 116 valence electrons. The molecule has 1 atom stereocenters. The molecule has 1 aliphatic heterocycles. The average Bonchev–Trinajstić information content (AvgIpc) is 2.96. The number of amides is 1. The molecule has 0 aliphatic carbocycles. The van der Waals surface area contributed by atoms with Crippen molar-refractivity contribution in [3.63, 3.8) is 0 Å². The lowest BCUT2D eigenvalue weighted by Gasteiger charge is -2.23. The van der Waals surface area contributed by atoms with Crippen LogP contribution in [0.3, 0.4) is 0 Å². The van der Waals surface area contributed by atoms with E-state index in [2.05, 4.69) is 10.5 Å². The number of carbonyl (C=O) groups is 1. The molecule has 1 aromatic carbocycles. The van der Waals surface area contributed by atoms with Gasteiger partial charge in [-0.25, -0.2) is 0 Å². The quantitative estimate of drug-likeness (QED) is 0.932. The zero-order valence-electron chi connectivity index (χ0n) is 12.4. The Labute approximate surface area is 128 Å². The molecule has 3 rings (SSSR count). The minimum absolute atomic E-state index is 0.113. The Balaban J connectivity index is 1.73. The maximum Gasteiger partial charge on any atom is 0.257 e. The van der Waals surface area contributed by atoms with Gasteiger partial charge in [0.2, 0.25) is 0 Å². The van der Waals surface area contributed by atoms with E-state index in [9.17, 15) is 4.79 Å². The first kappa shape index (κ1) is 14.7. The Morgan fingerprint density at radius 1 is 1.32 bits per heavy atom. The van der Waals surface area contributed by atoms with Crippen LogP contribution in [0, 0.1) is 6.92 Å². The first-order valence-electron chi connectivity index (χ1n) is 7.25. The number of carbonyl (C=O) groups excluding carboxylic acids is 1. The number of aromatic nitrogens is 1. The van der Waals surface area contributed by atoms with Crippen molar-refractivity contribution < 1.29 is 18.8 Å². The fourth-order valence-electron chi connectivity index (χ4n) is 2.38.